The number of rotatable bonds is 2. The molecule has 0 radical (unpaired) electrons. The molecule has 1 aromatic rings. The van der Waals surface area contributed by atoms with Gasteiger partial charge in [0, 0.05) is 6.04 Å². The molecule has 3 nitrogen and oxygen atoms in total. The molecule has 0 unspecified atom stereocenters. The van der Waals surface area contributed by atoms with Crippen LogP contribution in [0.3, 0.4) is 0 Å². The van der Waals surface area contributed by atoms with E-state index in [4.69, 9.17) is 28.9 Å². The highest BCUT2D eigenvalue weighted by atomic mass is 35.5. The molecule has 1 saturated carbocycles. The van der Waals surface area contributed by atoms with Gasteiger partial charge in [-0.3, -0.25) is 0 Å². The molecule has 1 aromatic heterocycles. The Hall–Kier alpha value is -0.670. The fourth-order valence-corrected chi connectivity index (χ4v) is 2.26. The Bertz CT molecular complexity index is 362. The molecule has 0 atom stereocenters. The first kappa shape index (κ1) is 10.8. The van der Waals surface area contributed by atoms with Gasteiger partial charge in [0.2, 0.25) is 0 Å². The van der Waals surface area contributed by atoms with Gasteiger partial charge in [-0.05, 0) is 18.9 Å². The molecular weight excluding hydrogens is 233 g/mol. The van der Waals surface area contributed by atoms with Crippen molar-refractivity contribution < 1.29 is 0 Å². The van der Waals surface area contributed by atoms with E-state index >= 15 is 0 Å². The predicted octanol–water partition coefficient (Wildman–Crippen LogP) is 3.33. The molecule has 0 bridgehead atoms. The highest BCUT2D eigenvalue weighted by Gasteiger charge is 2.17. The molecule has 0 spiro atoms. The lowest BCUT2D eigenvalue weighted by Gasteiger charge is -2.14. The van der Waals surface area contributed by atoms with E-state index in [1.807, 2.05) is 0 Å². The van der Waals surface area contributed by atoms with E-state index < -0.39 is 0 Å². The van der Waals surface area contributed by atoms with Crippen molar-refractivity contribution >= 4 is 34.8 Å². The van der Waals surface area contributed by atoms with Crippen molar-refractivity contribution in [1.82, 2.24) is 4.98 Å². The highest BCUT2D eigenvalue weighted by Crippen LogP contribution is 2.30. The Morgan fingerprint density at radius 3 is 2.60 bits per heavy atom. The fourth-order valence-electron chi connectivity index (χ4n) is 1.85. The lowest BCUT2D eigenvalue weighted by atomic mass is 10.2. The second-order valence-corrected chi connectivity index (χ2v) is 4.63. The zero-order chi connectivity index (χ0) is 10.8. The van der Waals surface area contributed by atoms with Crippen LogP contribution in [0.2, 0.25) is 10.0 Å². The average molecular weight is 246 g/mol. The summed E-state index contributed by atoms with van der Waals surface area (Å²) < 4.78 is 0. The lowest BCUT2D eigenvalue weighted by Crippen LogP contribution is -2.16. The molecule has 1 aliphatic rings. The van der Waals surface area contributed by atoms with Crippen molar-refractivity contribution in [3.05, 3.63) is 16.1 Å². The largest absolute Gasteiger partial charge is 0.382 e. The summed E-state index contributed by atoms with van der Waals surface area (Å²) in [7, 11) is 0. The summed E-state index contributed by atoms with van der Waals surface area (Å²) in [5.41, 5.74) is 5.62. The number of nitrogens with zero attached hydrogens (tertiary/aromatic N) is 1. The number of nitrogen functional groups attached to an aromatic ring is 1. The topological polar surface area (TPSA) is 50.9 Å². The minimum Gasteiger partial charge on any atom is -0.382 e. The Balaban J connectivity index is 2.16. The summed E-state index contributed by atoms with van der Waals surface area (Å²) in [4.78, 5) is 4.14. The second-order valence-electron chi connectivity index (χ2n) is 3.81. The quantitative estimate of drug-likeness (QED) is 0.841. The van der Waals surface area contributed by atoms with Crippen LogP contribution in [-0.4, -0.2) is 11.0 Å². The van der Waals surface area contributed by atoms with Crippen LogP contribution in [0.4, 0.5) is 11.6 Å². The standard InChI is InChI=1S/C10H13Cl2N3/c11-7-5-8(12)10(15-9(7)13)14-6-3-1-2-4-6/h5-6H,1-4H2,(H3,13,14,15). The summed E-state index contributed by atoms with van der Waals surface area (Å²) in [5, 5.41) is 4.22. The van der Waals surface area contributed by atoms with E-state index in [0.717, 1.165) is 0 Å². The SMILES string of the molecule is Nc1nc(NC2CCCC2)c(Cl)cc1Cl. The Kier molecular flexibility index (Phi) is 3.22. The number of halogens is 2. The highest BCUT2D eigenvalue weighted by molar-refractivity contribution is 6.37. The van der Waals surface area contributed by atoms with Gasteiger partial charge in [-0.2, -0.15) is 0 Å². The molecule has 5 heteroatoms. The fraction of sp³-hybridized carbons (Fsp3) is 0.500. The van der Waals surface area contributed by atoms with Crippen molar-refractivity contribution in [3.63, 3.8) is 0 Å². The Morgan fingerprint density at radius 1 is 1.27 bits per heavy atom. The first-order valence-electron chi connectivity index (χ1n) is 5.05. The summed E-state index contributed by atoms with van der Waals surface area (Å²) in [6.07, 6.45) is 4.86. The van der Waals surface area contributed by atoms with Gasteiger partial charge in [-0.1, -0.05) is 36.0 Å². The molecule has 3 N–H and O–H groups in total. The van der Waals surface area contributed by atoms with E-state index in [2.05, 4.69) is 10.3 Å². The second kappa shape index (κ2) is 4.45. The number of aromatic nitrogens is 1. The molecular formula is C10H13Cl2N3. The number of anilines is 2. The van der Waals surface area contributed by atoms with Crippen LogP contribution in [0.1, 0.15) is 25.7 Å². The monoisotopic (exact) mass is 245 g/mol. The summed E-state index contributed by atoms with van der Waals surface area (Å²) in [6.45, 7) is 0. The Labute approximate surface area is 99.0 Å². The Morgan fingerprint density at radius 2 is 1.93 bits per heavy atom. The van der Waals surface area contributed by atoms with Gasteiger partial charge in [0.25, 0.3) is 0 Å². The third-order valence-electron chi connectivity index (χ3n) is 2.65. The summed E-state index contributed by atoms with van der Waals surface area (Å²) in [5.74, 6) is 0.965. The maximum absolute atomic E-state index is 6.01. The van der Waals surface area contributed by atoms with E-state index in [1.165, 1.54) is 25.7 Å². The van der Waals surface area contributed by atoms with Crippen molar-refractivity contribution in [2.75, 3.05) is 11.1 Å². The lowest BCUT2D eigenvalue weighted by molar-refractivity contribution is 0.751. The van der Waals surface area contributed by atoms with Gasteiger partial charge in [0.05, 0.1) is 10.0 Å². The van der Waals surface area contributed by atoms with E-state index in [-0.39, 0.29) is 0 Å². The molecule has 1 fully saturated rings. The molecule has 0 amide bonds. The summed E-state index contributed by atoms with van der Waals surface area (Å²) >= 11 is 11.8. The average Bonchev–Trinajstić information content (AvgIpc) is 2.67. The molecule has 2 rings (SSSR count). The number of nitrogens with one attached hydrogen (secondary N) is 1. The van der Waals surface area contributed by atoms with Gasteiger partial charge < -0.3 is 11.1 Å². The van der Waals surface area contributed by atoms with Crippen LogP contribution in [0.15, 0.2) is 6.07 Å². The first-order chi connectivity index (χ1) is 7.16. The van der Waals surface area contributed by atoms with E-state index in [9.17, 15) is 0 Å². The smallest absolute Gasteiger partial charge is 0.147 e. The van der Waals surface area contributed by atoms with Gasteiger partial charge in [-0.25, -0.2) is 4.98 Å². The molecule has 82 valence electrons. The maximum Gasteiger partial charge on any atom is 0.147 e. The third kappa shape index (κ3) is 2.47. The zero-order valence-corrected chi connectivity index (χ0v) is 9.78. The molecule has 0 saturated heterocycles. The molecule has 1 aliphatic carbocycles. The summed E-state index contributed by atoms with van der Waals surface area (Å²) in [6, 6.07) is 2.10. The van der Waals surface area contributed by atoms with Crippen LogP contribution in [-0.2, 0) is 0 Å². The predicted molar refractivity (Wildman–Crippen MR) is 64.5 cm³/mol. The first-order valence-corrected chi connectivity index (χ1v) is 5.80. The van der Waals surface area contributed by atoms with Crippen LogP contribution in [0, 0.1) is 0 Å². The number of hydrogen-bond donors (Lipinski definition) is 2. The van der Waals surface area contributed by atoms with Crippen molar-refractivity contribution in [2.24, 2.45) is 0 Å². The van der Waals surface area contributed by atoms with Gasteiger partial charge in [-0.15, -0.1) is 0 Å². The van der Waals surface area contributed by atoms with Gasteiger partial charge >= 0.3 is 0 Å². The van der Waals surface area contributed by atoms with Crippen LogP contribution < -0.4 is 11.1 Å². The molecule has 15 heavy (non-hydrogen) atoms. The zero-order valence-electron chi connectivity index (χ0n) is 8.26. The normalized spacial score (nSPS) is 16.9. The van der Waals surface area contributed by atoms with Crippen molar-refractivity contribution in [1.29, 1.82) is 0 Å². The van der Waals surface area contributed by atoms with Gasteiger partial charge in [0.1, 0.15) is 11.6 Å². The molecule has 0 aliphatic heterocycles. The van der Waals surface area contributed by atoms with Crippen molar-refractivity contribution in [2.45, 2.75) is 31.7 Å². The minimum atomic E-state index is 0.321. The number of nitrogens with two attached hydrogens (primary N) is 1. The van der Waals surface area contributed by atoms with Gasteiger partial charge in [0.15, 0.2) is 0 Å². The van der Waals surface area contributed by atoms with E-state index in [0.29, 0.717) is 27.7 Å². The molecule has 1 heterocycles. The number of hydrogen-bond acceptors (Lipinski definition) is 3. The third-order valence-corrected chi connectivity index (χ3v) is 3.24. The molecule has 0 aromatic carbocycles. The van der Waals surface area contributed by atoms with Crippen LogP contribution in [0.25, 0.3) is 0 Å². The minimum absolute atomic E-state index is 0.321. The number of pyridine rings is 1. The van der Waals surface area contributed by atoms with Crippen molar-refractivity contribution in [3.8, 4) is 0 Å². The van der Waals surface area contributed by atoms with E-state index in [1.54, 1.807) is 6.07 Å². The van der Waals surface area contributed by atoms with Crippen LogP contribution >= 0.6 is 23.2 Å². The maximum atomic E-state index is 6.01. The van der Waals surface area contributed by atoms with Crippen LogP contribution in [0.5, 0.6) is 0 Å².